The van der Waals surface area contributed by atoms with Crippen LogP contribution < -0.4 is 10.1 Å². The third kappa shape index (κ3) is 8.77. The zero-order chi connectivity index (χ0) is 21.1. The molecule has 1 amide bonds. The number of alkyl carbamates (subject to hydrolysis) is 1. The molecule has 0 aliphatic rings. The summed E-state index contributed by atoms with van der Waals surface area (Å²) in [6, 6.07) is 6.09. The molecule has 6 nitrogen and oxygen atoms in total. The Morgan fingerprint density at radius 2 is 1.83 bits per heavy atom. The summed E-state index contributed by atoms with van der Waals surface area (Å²) in [5.41, 5.74) is 1.72. The Bertz CT molecular complexity index is 749. The Morgan fingerprint density at radius 3 is 2.55 bits per heavy atom. The van der Waals surface area contributed by atoms with Crippen molar-refractivity contribution in [2.75, 3.05) is 19.8 Å². The van der Waals surface area contributed by atoms with Crippen LogP contribution in [-0.4, -0.2) is 41.5 Å². The highest BCUT2D eigenvalue weighted by atomic mass is 16.6. The van der Waals surface area contributed by atoms with E-state index in [0.29, 0.717) is 19.8 Å². The number of benzene rings is 1. The second kappa shape index (κ2) is 11.7. The van der Waals surface area contributed by atoms with E-state index in [1.54, 1.807) is 0 Å². The van der Waals surface area contributed by atoms with Gasteiger partial charge in [-0.25, -0.2) is 4.79 Å². The number of H-pyrrole nitrogens is 1. The van der Waals surface area contributed by atoms with Crippen molar-refractivity contribution < 1.29 is 19.4 Å². The number of amides is 1. The number of aliphatic hydroxyl groups is 1. The van der Waals surface area contributed by atoms with E-state index in [1.807, 2.05) is 39.1 Å². The van der Waals surface area contributed by atoms with Crippen LogP contribution in [0.2, 0.25) is 0 Å². The maximum Gasteiger partial charge on any atom is 0.407 e. The fourth-order valence-electron chi connectivity index (χ4n) is 3.18. The summed E-state index contributed by atoms with van der Waals surface area (Å²) in [5, 5.41) is 12.7. The fourth-order valence-corrected chi connectivity index (χ4v) is 3.18. The van der Waals surface area contributed by atoms with Gasteiger partial charge in [-0.05, 0) is 63.8 Å². The van der Waals surface area contributed by atoms with Crippen molar-refractivity contribution in [1.29, 1.82) is 0 Å². The molecule has 0 spiro atoms. The summed E-state index contributed by atoms with van der Waals surface area (Å²) >= 11 is 0. The second-order valence-corrected chi connectivity index (χ2v) is 8.39. The summed E-state index contributed by atoms with van der Waals surface area (Å²) in [6.07, 6.45) is 8.88. The molecule has 162 valence electrons. The average Bonchev–Trinajstić information content (AvgIpc) is 3.05. The van der Waals surface area contributed by atoms with Gasteiger partial charge in [0.2, 0.25) is 0 Å². The van der Waals surface area contributed by atoms with Crippen LogP contribution in [0, 0.1) is 0 Å². The van der Waals surface area contributed by atoms with Crippen molar-refractivity contribution in [3.8, 4) is 5.75 Å². The number of hydrogen-bond donors (Lipinski definition) is 3. The minimum Gasteiger partial charge on any atom is -0.494 e. The van der Waals surface area contributed by atoms with E-state index < -0.39 is 11.7 Å². The van der Waals surface area contributed by atoms with Gasteiger partial charge in [0.05, 0.1) is 6.61 Å². The van der Waals surface area contributed by atoms with Gasteiger partial charge in [0, 0.05) is 30.3 Å². The first-order chi connectivity index (χ1) is 13.9. The van der Waals surface area contributed by atoms with Gasteiger partial charge in [0.25, 0.3) is 0 Å². The van der Waals surface area contributed by atoms with Crippen molar-refractivity contribution in [2.24, 2.45) is 0 Å². The maximum atomic E-state index is 11.8. The highest BCUT2D eigenvalue weighted by molar-refractivity contribution is 5.84. The number of hydrogen-bond acceptors (Lipinski definition) is 4. The predicted octanol–water partition coefficient (Wildman–Crippen LogP) is 4.95. The number of ether oxygens (including phenoxy) is 2. The number of aromatic nitrogens is 1. The van der Waals surface area contributed by atoms with Crippen molar-refractivity contribution in [2.45, 2.75) is 71.3 Å². The van der Waals surface area contributed by atoms with Gasteiger partial charge in [-0.1, -0.05) is 25.7 Å². The smallest absolute Gasteiger partial charge is 0.407 e. The molecule has 0 aliphatic heterocycles. The molecule has 2 rings (SSSR count). The first kappa shape index (κ1) is 23.1. The molecule has 0 unspecified atom stereocenters. The third-order valence-electron chi connectivity index (χ3n) is 4.62. The number of carbonyl (C=O) groups excluding carboxylic acids is 1. The summed E-state index contributed by atoms with van der Waals surface area (Å²) in [5.74, 6) is 0.874. The molecule has 1 aromatic heterocycles. The lowest BCUT2D eigenvalue weighted by Crippen LogP contribution is -2.33. The number of fused-ring (bicyclic) bond motifs is 1. The first-order valence-electron chi connectivity index (χ1n) is 10.7. The van der Waals surface area contributed by atoms with Crippen LogP contribution in [-0.2, 0) is 11.2 Å². The van der Waals surface area contributed by atoms with Gasteiger partial charge in [0.15, 0.2) is 0 Å². The molecular formula is C23H36N2O4. The topological polar surface area (TPSA) is 83.6 Å². The molecule has 0 saturated carbocycles. The molecule has 29 heavy (non-hydrogen) atoms. The molecule has 0 saturated heterocycles. The number of rotatable bonds is 12. The van der Waals surface area contributed by atoms with E-state index in [2.05, 4.69) is 16.4 Å². The Labute approximate surface area is 174 Å². The third-order valence-corrected chi connectivity index (χ3v) is 4.62. The molecule has 3 N–H and O–H groups in total. The number of unbranched alkanes of at least 4 members (excludes halogenated alkanes) is 5. The summed E-state index contributed by atoms with van der Waals surface area (Å²) in [6.45, 7) is 7.08. The molecule has 0 fully saturated rings. The van der Waals surface area contributed by atoms with Gasteiger partial charge in [-0.3, -0.25) is 0 Å². The number of aromatic amines is 1. The van der Waals surface area contributed by atoms with E-state index in [4.69, 9.17) is 14.6 Å². The van der Waals surface area contributed by atoms with Crippen molar-refractivity contribution >= 4 is 17.0 Å². The Kier molecular flexibility index (Phi) is 9.32. The van der Waals surface area contributed by atoms with Crippen molar-refractivity contribution in [3.63, 3.8) is 0 Å². The molecule has 2 aromatic rings. The van der Waals surface area contributed by atoms with E-state index in [9.17, 15) is 4.79 Å². The molecule has 0 bridgehead atoms. The van der Waals surface area contributed by atoms with Crippen LogP contribution in [0.4, 0.5) is 4.79 Å². The highest BCUT2D eigenvalue weighted by Crippen LogP contribution is 2.24. The first-order valence-corrected chi connectivity index (χ1v) is 10.7. The zero-order valence-electron chi connectivity index (χ0n) is 18.1. The molecule has 1 heterocycles. The van der Waals surface area contributed by atoms with E-state index in [1.165, 1.54) is 12.8 Å². The predicted molar refractivity (Wildman–Crippen MR) is 117 cm³/mol. The van der Waals surface area contributed by atoms with Crippen LogP contribution in [0.25, 0.3) is 10.9 Å². The van der Waals surface area contributed by atoms with Crippen molar-refractivity contribution in [3.05, 3.63) is 30.0 Å². The highest BCUT2D eigenvalue weighted by Gasteiger charge is 2.15. The second-order valence-electron chi connectivity index (χ2n) is 8.39. The largest absolute Gasteiger partial charge is 0.494 e. The Hall–Kier alpha value is -2.21. The van der Waals surface area contributed by atoms with Gasteiger partial charge in [-0.2, -0.15) is 0 Å². The van der Waals surface area contributed by atoms with Gasteiger partial charge < -0.3 is 24.9 Å². The monoisotopic (exact) mass is 404 g/mol. The normalized spacial score (nSPS) is 11.6. The minimum atomic E-state index is -0.490. The molecule has 6 heteroatoms. The number of nitrogens with one attached hydrogen (secondary N) is 2. The van der Waals surface area contributed by atoms with Crippen LogP contribution in [0.3, 0.4) is 0 Å². The minimum absolute atomic E-state index is 0.295. The Morgan fingerprint density at radius 1 is 1.10 bits per heavy atom. The quantitative estimate of drug-likeness (QED) is 0.437. The Balaban J connectivity index is 1.76. The summed E-state index contributed by atoms with van der Waals surface area (Å²) in [4.78, 5) is 15.1. The van der Waals surface area contributed by atoms with E-state index >= 15 is 0 Å². The summed E-state index contributed by atoms with van der Waals surface area (Å²) in [7, 11) is 0. The molecule has 0 atom stereocenters. The summed E-state index contributed by atoms with van der Waals surface area (Å²) < 4.78 is 11.2. The lowest BCUT2D eigenvalue weighted by Gasteiger charge is -2.19. The molecule has 1 aromatic carbocycles. The van der Waals surface area contributed by atoms with Crippen molar-refractivity contribution in [1.82, 2.24) is 10.3 Å². The maximum absolute atomic E-state index is 11.8. The van der Waals surface area contributed by atoms with Crippen LogP contribution in [0.1, 0.15) is 64.9 Å². The van der Waals surface area contributed by atoms with Crippen LogP contribution >= 0.6 is 0 Å². The zero-order valence-corrected chi connectivity index (χ0v) is 18.1. The van der Waals surface area contributed by atoms with Gasteiger partial charge in [0.1, 0.15) is 11.4 Å². The number of aliphatic hydroxyl groups excluding tert-OH is 1. The molecule has 0 aliphatic carbocycles. The SMILES string of the molecule is CC(C)(C)OC(=O)NCCc1c[nH]c2ccc(OCCCCCCCCO)cc12. The van der Waals surface area contributed by atoms with Crippen LogP contribution in [0.5, 0.6) is 5.75 Å². The van der Waals surface area contributed by atoms with Crippen LogP contribution in [0.15, 0.2) is 24.4 Å². The van der Waals surface area contributed by atoms with Gasteiger partial charge in [-0.15, -0.1) is 0 Å². The van der Waals surface area contributed by atoms with E-state index in [-0.39, 0.29) is 0 Å². The van der Waals surface area contributed by atoms with E-state index in [0.717, 1.165) is 54.3 Å². The standard InChI is InChI=1S/C23H36N2O4/c1-23(2,3)29-22(27)24-13-12-18-17-25-21-11-10-19(16-20(18)21)28-15-9-7-5-4-6-8-14-26/h10-11,16-17,25-26H,4-9,12-15H2,1-3H3,(H,24,27). The fraction of sp³-hybridized carbons (Fsp3) is 0.609. The molecular weight excluding hydrogens is 368 g/mol. The molecule has 0 radical (unpaired) electrons. The van der Waals surface area contributed by atoms with Gasteiger partial charge >= 0.3 is 6.09 Å². The lowest BCUT2D eigenvalue weighted by atomic mass is 10.1. The average molecular weight is 405 g/mol. The lowest BCUT2D eigenvalue weighted by molar-refractivity contribution is 0.0528. The number of carbonyl (C=O) groups is 1.